The monoisotopic (exact) mass is 290 g/mol. The number of halogens is 1. The van der Waals surface area contributed by atoms with Gasteiger partial charge >= 0.3 is 0 Å². The van der Waals surface area contributed by atoms with E-state index in [1.807, 2.05) is 6.92 Å². The van der Waals surface area contributed by atoms with E-state index in [-0.39, 0.29) is 22.7 Å². The third-order valence-electron chi connectivity index (χ3n) is 2.94. The van der Waals surface area contributed by atoms with Crippen molar-refractivity contribution in [2.24, 2.45) is 0 Å². The second-order valence-corrected chi connectivity index (χ2v) is 6.39. The molecule has 5 nitrogen and oxygen atoms in total. The number of nitrogen functional groups attached to an aromatic ring is 1. The Kier molecular flexibility index (Phi) is 3.82. The third-order valence-corrected chi connectivity index (χ3v) is 4.74. The van der Waals surface area contributed by atoms with Crippen molar-refractivity contribution in [3.05, 3.63) is 23.2 Å². The molecular formula is C11H15ClN2O3S. The fourth-order valence-electron chi connectivity index (χ4n) is 1.91. The van der Waals surface area contributed by atoms with E-state index in [0.29, 0.717) is 18.1 Å². The molecule has 18 heavy (non-hydrogen) atoms. The van der Waals surface area contributed by atoms with Gasteiger partial charge in [0.15, 0.2) is 0 Å². The van der Waals surface area contributed by atoms with E-state index in [2.05, 4.69) is 4.72 Å². The highest BCUT2D eigenvalue weighted by Crippen LogP contribution is 2.24. The van der Waals surface area contributed by atoms with E-state index < -0.39 is 10.0 Å². The maximum absolute atomic E-state index is 12.2. The quantitative estimate of drug-likeness (QED) is 0.824. The molecule has 0 spiro atoms. The number of ether oxygens (including phenoxy) is 1. The van der Waals surface area contributed by atoms with Crippen molar-refractivity contribution in [2.75, 3.05) is 12.3 Å². The summed E-state index contributed by atoms with van der Waals surface area (Å²) in [5, 5.41) is 0.406. The van der Waals surface area contributed by atoms with Crippen molar-refractivity contribution < 1.29 is 13.2 Å². The Labute approximate surface area is 111 Å². The van der Waals surface area contributed by atoms with Gasteiger partial charge in [0.2, 0.25) is 10.0 Å². The van der Waals surface area contributed by atoms with Crippen LogP contribution in [0.25, 0.3) is 0 Å². The van der Waals surface area contributed by atoms with Gasteiger partial charge in [-0.1, -0.05) is 11.6 Å². The number of nitrogens with one attached hydrogen (secondary N) is 1. The molecule has 1 aromatic carbocycles. The van der Waals surface area contributed by atoms with Crippen LogP contribution in [0, 0.1) is 0 Å². The minimum Gasteiger partial charge on any atom is -0.398 e. The van der Waals surface area contributed by atoms with Crippen LogP contribution in [0.15, 0.2) is 23.1 Å². The first-order valence-electron chi connectivity index (χ1n) is 5.59. The standard InChI is InChI=1S/C11H15ClN2O3S/c1-7-10(4-5-17-7)14-18(15,16)11-3-2-8(12)6-9(11)13/h2-3,6-7,10,14H,4-5,13H2,1H3. The van der Waals surface area contributed by atoms with Crippen molar-refractivity contribution >= 4 is 27.3 Å². The summed E-state index contributed by atoms with van der Waals surface area (Å²) in [6.07, 6.45) is 0.529. The summed E-state index contributed by atoms with van der Waals surface area (Å²) in [6, 6.07) is 4.11. The van der Waals surface area contributed by atoms with Crippen molar-refractivity contribution in [1.82, 2.24) is 4.72 Å². The molecule has 2 atom stereocenters. The number of anilines is 1. The van der Waals surface area contributed by atoms with Crippen LogP contribution in [0.3, 0.4) is 0 Å². The van der Waals surface area contributed by atoms with Gasteiger partial charge in [-0.2, -0.15) is 0 Å². The Balaban J connectivity index is 2.25. The topological polar surface area (TPSA) is 81.4 Å². The number of hydrogen-bond donors (Lipinski definition) is 2. The van der Waals surface area contributed by atoms with Crippen molar-refractivity contribution in [2.45, 2.75) is 30.4 Å². The molecule has 1 fully saturated rings. The van der Waals surface area contributed by atoms with Gasteiger partial charge in [0.05, 0.1) is 17.8 Å². The zero-order valence-electron chi connectivity index (χ0n) is 9.89. The van der Waals surface area contributed by atoms with Gasteiger partial charge < -0.3 is 10.5 Å². The van der Waals surface area contributed by atoms with Crippen LogP contribution in [0.4, 0.5) is 5.69 Å². The first-order valence-corrected chi connectivity index (χ1v) is 7.45. The lowest BCUT2D eigenvalue weighted by Crippen LogP contribution is -2.39. The van der Waals surface area contributed by atoms with Gasteiger partial charge in [-0.15, -0.1) is 0 Å². The largest absolute Gasteiger partial charge is 0.398 e. The van der Waals surface area contributed by atoms with Gasteiger partial charge in [-0.25, -0.2) is 13.1 Å². The van der Waals surface area contributed by atoms with E-state index in [1.165, 1.54) is 18.2 Å². The molecule has 1 heterocycles. The summed E-state index contributed by atoms with van der Waals surface area (Å²) < 4.78 is 32.3. The molecule has 0 amide bonds. The average molecular weight is 291 g/mol. The minimum atomic E-state index is -3.64. The smallest absolute Gasteiger partial charge is 0.242 e. The lowest BCUT2D eigenvalue weighted by molar-refractivity contribution is 0.117. The van der Waals surface area contributed by atoms with Gasteiger partial charge in [-0.3, -0.25) is 0 Å². The first kappa shape index (κ1) is 13.6. The lowest BCUT2D eigenvalue weighted by Gasteiger charge is -2.17. The third kappa shape index (κ3) is 2.77. The molecule has 3 N–H and O–H groups in total. The van der Waals surface area contributed by atoms with Crippen LogP contribution in [0.5, 0.6) is 0 Å². The van der Waals surface area contributed by atoms with Gasteiger partial charge in [0.25, 0.3) is 0 Å². The Bertz CT molecular complexity index is 547. The highest BCUT2D eigenvalue weighted by molar-refractivity contribution is 7.89. The highest BCUT2D eigenvalue weighted by Gasteiger charge is 2.29. The fourth-order valence-corrected chi connectivity index (χ4v) is 3.55. The molecule has 7 heteroatoms. The molecule has 0 saturated carbocycles. The van der Waals surface area contributed by atoms with Crippen molar-refractivity contribution in [3.63, 3.8) is 0 Å². The van der Waals surface area contributed by atoms with Crippen LogP contribution in [-0.4, -0.2) is 27.2 Å². The van der Waals surface area contributed by atoms with Crippen molar-refractivity contribution in [3.8, 4) is 0 Å². The summed E-state index contributed by atoms with van der Waals surface area (Å²) in [5.74, 6) is 0. The summed E-state index contributed by atoms with van der Waals surface area (Å²) in [7, 11) is -3.64. The summed E-state index contributed by atoms with van der Waals surface area (Å²) in [6.45, 7) is 2.40. The molecule has 2 rings (SSSR count). The summed E-state index contributed by atoms with van der Waals surface area (Å²) >= 11 is 5.75. The molecular weight excluding hydrogens is 276 g/mol. The van der Waals surface area contributed by atoms with Gasteiger partial charge in [0, 0.05) is 11.6 Å². The minimum absolute atomic E-state index is 0.0472. The fraction of sp³-hybridized carbons (Fsp3) is 0.455. The zero-order valence-corrected chi connectivity index (χ0v) is 11.5. The van der Waals surface area contributed by atoms with Crippen molar-refractivity contribution in [1.29, 1.82) is 0 Å². The van der Waals surface area contributed by atoms with Crippen LogP contribution < -0.4 is 10.5 Å². The zero-order chi connectivity index (χ0) is 13.3. The predicted octanol–water partition coefficient (Wildman–Crippen LogP) is 1.38. The van der Waals surface area contributed by atoms with E-state index in [9.17, 15) is 8.42 Å². The number of rotatable bonds is 3. The molecule has 0 aromatic heterocycles. The summed E-state index contributed by atoms with van der Waals surface area (Å²) in [5.41, 5.74) is 5.82. The van der Waals surface area contributed by atoms with Crippen LogP contribution in [-0.2, 0) is 14.8 Å². The number of hydrogen-bond acceptors (Lipinski definition) is 4. The Morgan fingerprint density at radius 1 is 1.50 bits per heavy atom. The molecule has 1 aromatic rings. The molecule has 1 aliphatic heterocycles. The predicted molar refractivity (Wildman–Crippen MR) is 70.0 cm³/mol. The van der Waals surface area contributed by atoms with E-state index >= 15 is 0 Å². The van der Waals surface area contributed by atoms with E-state index in [0.717, 1.165) is 0 Å². The first-order chi connectivity index (χ1) is 8.40. The Morgan fingerprint density at radius 2 is 2.22 bits per heavy atom. The van der Waals surface area contributed by atoms with E-state index in [4.69, 9.17) is 22.1 Å². The molecule has 2 unspecified atom stereocenters. The van der Waals surface area contributed by atoms with Gasteiger partial charge in [-0.05, 0) is 31.5 Å². The number of benzene rings is 1. The number of nitrogens with two attached hydrogens (primary N) is 1. The van der Waals surface area contributed by atoms with Crippen LogP contribution in [0.2, 0.25) is 5.02 Å². The molecule has 100 valence electrons. The molecule has 1 saturated heterocycles. The Morgan fingerprint density at radius 3 is 2.78 bits per heavy atom. The second-order valence-electron chi connectivity index (χ2n) is 4.27. The van der Waals surface area contributed by atoms with Gasteiger partial charge in [0.1, 0.15) is 4.90 Å². The van der Waals surface area contributed by atoms with Crippen LogP contribution in [0.1, 0.15) is 13.3 Å². The van der Waals surface area contributed by atoms with E-state index in [1.54, 1.807) is 0 Å². The maximum Gasteiger partial charge on any atom is 0.242 e. The highest BCUT2D eigenvalue weighted by atomic mass is 35.5. The molecule has 1 aliphatic rings. The molecule has 0 radical (unpaired) electrons. The molecule has 0 aliphatic carbocycles. The average Bonchev–Trinajstić information content (AvgIpc) is 2.63. The summed E-state index contributed by atoms with van der Waals surface area (Å²) in [4.78, 5) is 0.0472. The van der Waals surface area contributed by atoms with Crippen LogP contribution >= 0.6 is 11.6 Å². The second kappa shape index (κ2) is 5.05. The maximum atomic E-state index is 12.2. The SMILES string of the molecule is CC1OCCC1NS(=O)(=O)c1ccc(Cl)cc1N. The lowest BCUT2D eigenvalue weighted by atomic mass is 10.2. The molecule has 0 bridgehead atoms. The number of sulfonamides is 1. The normalized spacial score (nSPS) is 24.3. The Hall–Kier alpha value is -0.820.